The molecule has 0 aliphatic carbocycles. The first kappa shape index (κ1) is 11.1. The fraction of sp³-hybridized carbons (Fsp3) is 0.250. The summed E-state index contributed by atoms with van der Waals surface area (Å²) in [5, 5.41) is 8.96. The van der Waals surface area contributed by atoms with Crippen LogP contribution in [0.25, 0.3) is 0 Å². The summed E-state index contributed by atoms with van der Waals surface area (Å²) >= 11 is 0. The molecular formula is C12H12O3. The SMILES string of the molecule is CC#Cc1cccc(C(=O)O)c1OCC. The second kappa shape index (κ2) is 5.06. The second-order valence-corrected chi connectivity index (χ2v) is 2.80. The van der Waals surface area contributed by atoms with Gasteiger partial charge in [-0.3, -0.25) is 0 Å². The smallest absolute Gasteiger partial charge is 0.339 e. The molecule has 1 aromatic rings. The van der Waals surface area contributed by atoms with Crippen molar-refractivity contribution in [3.05, 3.63) is 29.3 Å². The Kier molecular flexibility index (Phi) is 3.75. The van der Waals surface area contributed by atoms with Gasteiger partial charge >= 0.3 is 5.97 Å². The van der Waals surface area contributed by atoms with Crippen molar-refractivity contribution in [2.75, 3.05) is 6.61 Å². The van der Waals surface area contributed by atoms with Gasteiger partial charge in [-0.1, -0.05) is 12.0 Å². The van der Waals surface area contributed by atoms with E-state index in [1.807, 2.05) is 6.92 Å². The van der Waals surface area contributed by atoms with Crippen LogP contribution in [-0.2, 0) is 0 Å². The number of aromatic carboxylic acids is 1. The molecule has 0 aromatic heterocycles. The summed E-state index contributed by atoms with van der Waals surface area (Å²) in [4.78, 5) is 10.9. The van der Waals surface area contributed by atoms with Gasteiger partial charge in [0.2, 0.25) is 0 Å². The molecular weight excluding hydrogens is 192 g/mol. The fourth-order valence-corrected chi connectivity index (χ4v) is 1.24. The van der Waals surface area contributed by atoms with Crippen LogP contribution in [0.4, 0.5) is 0 Å². The Bertz CT molecular complexity index is 424. The van der Waals surface area contributed by atoms with E-state index < -0.39 is 5.97 Å². The van der Waals surface area contributed by atoms with Crippen molar-refractivity contribution < 1.29 is 14.6 Å². The molecule has 0 spiro atoms. The van der Waals surface area contributed by atoms with Gasteiger partial charge in [-0.25, -0.2) is 4.79 Å². The maximum atomic E-state index is 10.9. The molecule has 15 heavy (non-hydrogen) atoms. The molecule has 3 heteroatoms. The number of ether oxygens (including phenoxy) is 1. The minimum atomic E-state index is -1.00. The van der Waals surface area contributed by atoms with Gasteiger partial charge in [-0.05, 0) is 26.0 Å². The van der Waals surface area contributed by atoms with Crippen molar-refractivity contribution in [1.82, 2.24) is 0 Å². The Morgan fingerprint density at radius 3 is 2.80 bits per heavy atom. The Morgan fingerprint density at radius 2 is 2.27 bits per heavy atom. The molecule has 0 fully saturated rings. The van der Waals surface area contributed by atoms with Crippen molar-refractivity contribution in [3.8, 4) is 17.6 Å². The Morgan fingerprint density at radius 1 is 1.53 bits per heavy atom. The Balaban J connectivity index is 3.31. The average molecular weight is 204 g/mol. The first-order valence-corrected chi connectivity index (χ1v) is 4.62. The molecule has 0 atom stereocenters. The van der Waals surface area contributed by atoms with E-state index in [1.54, 1.807) is 19.1 Å². The summed E-state index contributed by atoms with van der Waals surface area (Å²) in [6.07, 6.45) is 0. The van der Waals surface area contributed by atoms with Gasteiger partial charge in [0.1, 0.15) is 11.3 Å². The summed E-state index contributed by atoms with van der Waals surface area (Å²) in [7, 11) is 0. The number of benzene rings is 1. The van der Waals surface area contributed by atoms with Crippen LogP contribution >= 0.6 is 0 Å². The molecule has 78 valence electrons. The number of carboxylic acids is 1. The molecule has 0 saturated carbocycles. The van der Waals surface area contributed by atoms with Gasteiger partial charge in [-0.15, -0.1) is 5.92 Å². The molecule has 0 heterocycles. The summed E-state index contributed by atoms with van der Waals surface area (Å²) < 4.78 is 5.30. The maximum absolute atomic E-state index is 10.9. The zero-order valence-electron chi connectivity index (χ0n) is 8.70. The minimum Gasteiger partial charge on any atom is -0.492 e. The number of hydrogen-bond donors (Lipinski definition) is 1. The van der Waals surface area contributed by atoms with Crippen LogP contribution in [0.1, 0.15) is 29.8 Å². The van der Waals surface area contributed by atoms with Crippen LogP contribution in [0.5, 0.6) is 5.75 Å². The van der Waals surface area contributed by atoms with E-state index in [2.05, 4.69) is 11.8 Å². The highest BCUT2D eigenvalue weighted by molar-refractivity contribution is 5.91. The van der Waals surface area contributed by atoms with E-state index >= 15 is 0 Å². The number of para-hydroxylation sites is 1. The zero-order chi connectivity index (χ0) is 11.3. The number of carbonyl (C=O) groups is 1. The van der Waals surface area contributed by atoms with Crippen molar-refractivity contribution in [2.45, 2.75) is 13.8 Å². The van der Waals surface area contributed by atoms with Crippen LogP contribution in [-0.4, -0.2) is 17.7 Å². The molecule has 1 rings (SSSR count). The van der Waals surface area contributed by atoms with Crippen molar-refractivity contribution in [3.63, 3.8) is 0 Å². The van der Waals surface area contributed by atoms with E-state index in [0.29, 0.717) is 17.9 Å². The molecule has 1 aromatic carbocycles. The normalized spacial score (nSPS) is 8.93. The summed E-state index contributed by atoms with van der Waals surface area (Å²) in [6.45, 7) is 3.92. The molecule has 0 saturated heterocycles. The molecule has 0 unspecified atom stereocenters. The number of hydrogen-bond acceptors (Lipinski definition) is 2. The third-order valence-electron chi connectivity index (χ3n) is 1.79. The zero-order valence-corrected chi connectivity index (χ0v) is 8.70. The predicted molar refractivity (Wildman–Crippen MR) is 57.1 cm³/mol. The molecule has 3 nitrogen and oxygen atoms in total. The molecule has 0 bridgehead atoms. The standard InChI is InChI=1S/C12H12O3/c1-3-6-9-7-5-8-10(12(13)14)11(9)15-4-2/h5,7-8H,4H2,1-2H3,(H,13,14). The van der Waals surface area contributed by atoms with Crippen LogP contribution in [0, 0.1) is 11.8 Å². The lowest BCUT2D eigenvalue weighted by molar-refractivity contribution is 0.0692. The van der Waals surface area contributed by atoms with E-state index in [9.17, 15) is 4.79 Å². The molecule has 0 aliphatic heterocycles. The summed E-state index contributed by atoms with van der Waals surface area (Å²) in [6, 6.07) is 4.91. The van der Waals surface area contributed by atoms with Gasteiger partial charge in [0.05, 0.1) is 12.2 Å². The Hall–Kier alpha value is -1.95. The van der Waals surface area contributed by atoms with E-state index in [0.717, 1.165) is 0 Å². The van der Waals surface area contributed by atoms with Crippen LogP contribution in [0.2, 0.25) is 0 Å². The van der Waals surface area contributed by atoms with Gasteiger partial charge in [0.25, 0.3) is 0 Å². The van der Waals surface area contributed by atoms with Crippen molar-refractivity contribution in [2.24, 2.45) is 0 Å². The van der Waals surface area contributed by atoms with E-state index in [4.69, 9.17) is 9.84 Å². The number of rotatable bonds is 3. The van der Waals surface area contributed by atoms with Crippen molar-refractivity contribution in [1.29, 1.82) is 0 Å². The highest BCUT2D eigenvalue weighted by Crippen LogP contribution is 2.23. The minimum absolute atomic E-state index is 0.150. The van der Waals surface area contributed by atoms with Gasteiger partial charge in [0, 0.05) is 0 Å². The van der Waals surface area contributed by atoms with E-state index in [1.165, 1.54) is 6.07 Å². The second-order valence-electron chi connectivity index (χ2n) is 2.80. The van der Waals surface area contributed by atoms with Crippen LogP contribution in [0.15, 0.2) is 18.2 Å². The highest BCUT2D eigenvalue weighted by Gasteiger charge is 2.13. The third kappa shape index (κ3) is 2.50. The third-order valence-corrected chi connectivity index (χ3v) is 1.79. The van der Waals surface area contributed by atoms with Gasteiger partial charge in [0.15, 0.2) is 0 Å². The van der Waals surface area contributed by atoms with Gasteiger partial charge < -0.3 is 9.84 Å². The molecule has 1 N–H and O–H groups in total. The van der Waals surface area contributed by atoms with E-state index in [-0.39, 0.29) is 5.56 Å². The Labute approximate surface area is 88.7 Å². The monoisotopic (exact) mass is 204 g/mol. The summed E-state index contributed by atoms with van der Waals surface area (Å²) in [5.74, 6) is 4.89. The number of carboxylic acid groups (broad SMARTS) is 1. The lowest BCUT2D eigenvalue weighted by atomic mass is 10.1. The lowest BCUT2D eigenvalue weighted by Crippen LogP contribution is -2.04. The largest absolute Gasteiger partial charge is 0.492 e. The molecule has 0 aliphatic rings. The van der Waals surface area contributed by atoms with Crippen LogP contribution in [0.3, 0.4) is 0 Å². The lowest BCUT2D eigenvalue weighted by Gasteiger charge is -2.08. The quantitative estimate of drug-likeness (QED) is 0.767. The topological polar surface area (TPSA) is 46.5 Å². The first-order chi connectivity index (χ1) is 7.20. The van der Waals surface area contributed by atoms with Gasteiger partial charge in [-0.2, -0.15) is 0 Å². The molecule has 0 radical (unpaired) electrons. The highest BCUT2D eigenvalue weighted by atomic mass is 16.5. The fourth-order valence-electron chi connectivity index (χ4n) is 1.24. The first-order valence-electron chi connectivity index (χ1n) is 4.62. The maximum Gasteiger partial charge on any atom is 0.339 e. The predicted octanol–water partition coefficient (Wildman–Crippen LogP) is 2.15. The average Bonchev–Trinajstić information content (AvgIpc) is 2.21. The van der Waals surface area contributed by atoms with Crippen LogP contribution < -0.4 is 4.74 Å². The molecule has 0 amide bonds. The summed E-state index contributed by atoms with van der Waals surface area (Å²) in [5.41, 5.74) is 0.761. The van der Waals surface area contributed by atoms with Crippen molar-refractivity contribution >= 4 is 5.97 Å².